The monoisotopic (exact) mass is 575 g/mol. The van der Waals surface area contributed by atoms with Crippen molar-refractivity contribution in [1.29, 1.82) is 0 Å². The minimum absolute atomic E-state index is 0.142. The van der Waals surface area contributed by atoms with E-state index in [0.717, 1.165) is 30.2 Å². The summed E-state index contributed by atoms with van der Waals surface area (Å²) in [6.45, 7) is 3.53. The lowest BCUT2D eigenvalue weighted by atomic mass is 9.88. The van der Waals surface area contributed by atoms with Gasteiger partial charge in [0.05, 0.1) is 28.7 Å². The summed E-state index contributed by atoms with van der Waals surface area (Å²) in [5.74, 6) is 0.108. The highest BCUT2D eigenvalue weighted by Gasteiger charge is 2.23. The number of rotatable bonds is 8. The topological polar surface area (TPSA) is 103 Å². The van der Waals surface area contributed by atoms with Crippen LogP contribution in [0, 0.1) is 0 Å². The van der Waals surface area contributed by atoms with Gasteiger partial charge in [0.15, 0.2) is 17.6 Å². The first-order valence-electron chi connectivity index (χ1n) is 11.9. The zero-order valence-electron chi connectivity index (χ0n) is 20.0. The van der Waals surface area contributed by atoms with Gasteiger partial charge in [0.25, 0.3) is 5.56 Å². The van der Waals surface area contributed by atoms with E-state index >= 15 is 0 Å². The molecular weight excluding hydrogens is 550 g/mol. The molecule has 0 saturated heterocycles. The van der Waals surface area contributed by atoms with Crippen molar-refractivity contribution < 1.29 is 19.4 Å². The van der Waals surface area contributed by atoms with Crippen LogP contribution in [0.3, 0.4) is 0 Å². The molecule has 8 nitrogen and oxygen atoms in total. The van der Waals surface area contributed by atoms with E-state index in [9.17, 15) is 14.7 Å². The highest BCUT2D eigenvalue weighted by molar-refractivity contribution is 9.10. The van der Waals surface area contributed by atoms with Crippen LogP contribution < -0.4 is 15.0 Å². The van der Waals surface area contributed by atoms with Crippen LogP contribution in [0.2, 0.25) is 5.02 Å². The summed E-state index contributed by atoms with van der Waals surface area (Å²) in [5, 5.41) is 14.4. The van der Waals surface area contributed by atoms with Gasteiger partial charge < -0.3 is 14.6 Å². The number of aliphatic carboxylic acids is 1. The van der Waals surface area contributed by atoms with Gasteiger partial charge in [-0.25, -0.2) is 9.78 Å². The number of halogens is 2. The minimum Gasteiger partial charge on any atom is -0.490 e. The number of aromatic nitrogens is 2. The average Bonchev–Trinajstić information content (AvgIpc) is 2.86. The second kappa shape index (κ2) is 11.4. The summed E-state index contributed by atoms with van der Waals surface area (Å²) >= 11 is 9.87. The molecule has 0 amide bonds. The maximum Gasteiger partial charge on any atom is 0.344 e. The third kappa shape index (κ3) is 5.73. The molecule has 1 fully saturated rings. The summed E-state index contributed by atoms with van der Waals surface area (Å²) in [6.07, 6.45) is 5.69. The van der Waals surface area contributed by atoms with Gasteiger partial charge in [-0.3, -0.25) is 4.79 Å². The van der Waals surface area contributed by atoms with Crippen LogP contribution in [0.15, 0.2) is 44.7 Å². The van der Waals surface area contributed by atoms with Crippen molar-refractivity contribution in [3.8, 4) is 11.5 Å². The van der Waals surface area contributed by atoms with Crippen molar-refractivity contribution in [3.05, 3.63) is 61.6 Å². The van der Waals surface area contributed by atoms with Crippen molar-refractivity contribution in [2.75, 3.05) is 6.61 Å². The third-order valence-electron chi connectivity index (χ3n) is 6.10. The third-order valence-corrected chi connectivity index (χ3v) is 6.87. The highest BCUT2D eigenvalue weighted by Crippen LogP contribution is 2.37. The van der Waals surface area contributed by atoms with E-state index in [1.54, 1.807) is 25.1 Å². The summed E-state index contributed by atoms with van der Waals surface area (Å²) in [6, 6.07) is 8.71. The Morgan fingerprint density at radius 3 is 2.75 bits per heavy atom. The summed E-state index contributed by atoms with van der Waals surface area (Å²) in [4.78, 5) is 29.6. The Morgan fingerprint density at radius 2 is 2.06 bits per heavy atom. The standard InChI is InChI=1S/C26H27BrClN3O5/c1-3-35-22-12-16(11-20(28)23(22)36-15(2)26(33)34)14-29-31-24(17-7-5-4-6-8-17)30-21-10-9-18(27)13-19(21)25(31)32/h9-15,17H,3-8H2,1-2H3,(H,33,34)/t15-/m0/s1. The van der Waals surface area contributed by atoms with Gasteiger partial charge in [0, 0.05) is 10.4 Å². The molecular formula is C26H27BrClN3O5. The molecule has 0 bridgehead atoms. The molecule has 2 aromatic carbocycles. The normalized spacial score (nSPS) is 15.3. The molecule has 36 heavy (non-hydrogen) atoms. The van der Waals surface area contributed by atoms with Gasteiger partial charge in [-0.1, -0.05) is 46.8 Å². The second-order valence-corrected chi connectivity index (χ2v) is 10.0. The first kappa shape index (κ1) is 26.2. The maximum absolute atomic E-state index is 13.5. The fourth-order valence-electron chi connectivity index (χ4n) is 4.29. The molecule has 10 heteroatoms. The van der Waals surface area contributed by atoms with E-state index < -0.39 is 12.1 Å². The Morgan fingerprint density at radius 1 is 1.31 bits per heavy atom. The Labute approximate surface area is 222 Å². The number of carboxylic acids is 1. The largest absolute Gasteiger partial charge is 0.490 e. The number of benzene rings is 2. The first-order chi connectivity index (χ1) is 17.3. The number of hydrogen-bond acceptors (Lipinski definition) is 6. The summed E-state index contributed by atoms with van der Waals surface area (Å²) in [5.41, 5.74) is 0.963. The zero-order chi connectivity index (χ0) is 25.8. The average molecular weight is 577 g/mol. The molecule has 1 N–H and O–H groups in total. The molecule has 0 spiro atoms. The number of carbonyl (C=O) groups is 1. The highest BCUT2D eigenvalue weighted by atomic mass is 79.9. The molecule has 1 atom stereocenters. The van der Waals surface area contributed by atoms with Crippen LogP contribution in [-0.4, -0.2) is 39.7 Å². The molecule has 1 saturated carbocycles. The predicted octanol–water partition coefficient (Wildman–Crippen LogP) is 5.99. The van der Waals surface area contributed by atoms with Crippen LogP contribution in [0.1, 0.15) is 63.3 Å². The summed E-state index contributed by atoms with van der Waals surface area (Å²) in [7, 11) is 0. The number of carboxylic acid groups (broad SMARTS) is 1. The van der Waals surface area contributed by atoms with Crippen molar-refractivity contribution in [1.82, 2.24) is 9.66 Å². The molecule has 4 rings (SSSR count). The Balaban J connectivity index is 1.79. The Hall–Kier alpha value is -2.91. The molecule has 0 aliphatic heterocycles. The van der Waals surface area contributed by atoms with Crippen molar-refractivity contribution in [3.63, 3.8) is 0 Å². The molecule has 1 aromatic heterocycles. The van der Waals surface area contributed by atoms with Crippen LogP contribution >= 0.6 is 27.5 Å². The quantitative estimate of drug-likeness (QED) is 0.330. The molecule has 0 radical (unpaired) electrons. The zero-order valence-corrected chi connectivity index (χ0v) is 22.4. The van der Waals surface area contributed by atoms with Crippen LogP contribution in [0.4, 0.5) is 0 Å². The maximum atomic E-state index is 13.5. The van der Waals surface area contributed by atoms with Crippen molar-refractivity contribution >= 4 is 50.6 Å². The van der Waals surface area contributed by atoms with E-state index in [-0.39, 0.29) is 22.2 Å². The van der Waals surface area contributed by atoms with E-state index in [1.165, 1.54) is 24.2 Å². The molecule has 1 heterocycles. The predicted molar refractivity (Wildman–Crippen MR) is 143 cm³/mol. The number of hydrogen-bond donors (Lipinski definition) is 1. The SMILES string of the molecule is CCOc1cc(C=Nn2c(C3CCCCC3)nc3ccc(Br)cc3c2=O)cc(Cl)c1O[C@@H](C)C(=O)O. The van der Waals surface area contributed by atoms with Crippen LogP contribution in [-0.2, 0) is 4.79 Å². The lowest BCUT2D eigenvalue weighted by Gasteiger charge is -2.22. The Bertz CT molecular complexity index is 1370. The second-order valence-electron chi connectivity index (χ2n) is 8.69. The van der Waals surface area contributed by atoms with Gasteiger partial charge in [-0.2, -0.15) is 9.78 Å². The van der Waals surface area contributed by atoms with Gasteiger partial charge in [0.2, 0.25) is 0 Å². The smallest absolute Gasteiger partial charge is 0.344 e. The molecule has 3 aromatic rings. The fourth-order valence-corrected chi connectivity index (χ4v) is 4.92. The first-order valence-corrected chi connectivity index (χ1v) is 13.1. The van der Waals surface area contributed by atoms with E-state index in [1.807, 2.05) is 12.1 Å². The molecule has 1 aliphatic rings. The molecule has 0 unspecified atom stereocenters. The van der Waals surface area contributed by atoms with Gasteiger partial charge >= 0.3 is 5.97 Å². The number of ether oxygens (including phenoxy) is 2. The van der Waals surface area contributed by atoms with Gasteiger partial charge in [-0.15, -0.1) is 0 Å². The van der Waals surface area contributed by atoms with Crippen molar-refractivity contribution in [2.45, 2.75) is 58.0 Å². The lowest BCUT2D eigenvalue weighted by Crippen LogP contribution is -2.25. The summed E-state index contributed by atoms with van der Waals surface area (Å²) < 4.78 is 13.3. The molecule has 190 valence electrons. The number of nitrogens with zero attached hydrogens (tertiary/aromatic N) is 3. The van der Waals surface area contributed by atoms with Crippen molar-refractivity contribution in [2.24, 2.45) is 5.10 Å². The van der Waals surface area contributed by atoms with Gasteiger partial charge in [0.1, 0.15) is 5.82 Å². The van der Waals surface area contributed by atoms with E-state index in [4.69, 9.17) is 26.1 Å². The molecule has 1 aliphatic carbocycles. The van der Waals surface area contributed by atoms with Gasteiger partial charge in [-0.05, 0) is 62.6 Å². The van der Waals surface area contributed by atoms with Crippen LogP contribution in [0.5, 0.6) is 11.5 Å². The Kier molecular flexibility index (Phi) is 8.31. The lowest BCUT2D eigenvalue weighted by molar-refractivity contribution is -0.144. The van der Waals surface area contributed by atoms with E-state index in [2.05, 4.69) is 21.0 Å². The van der Waals surface area contributed by atoms with Crippen LogP contribution in [0.25, 0.3) is 10.9 Å². The van der Waals surface area contributed by atoms with E-state index in [0.29, 0.717) is 34.6 Å². The minimum atomic E-state index is -1.12. The fraction of sp³-hybridized carbons (Fsp3) is 0.385. The number of fused-ring (bicyclic) bond motifs is 1.